The molecule has 1 saturated heterocycles. The van der Waals surface area contributed by atoms with E-state index in [4.69, 9.17) is 16.6 Å². The molecule has 0 spiro atoms. The molecule has 0 aromatic carbocycles. The zero-order valence-corrected chi connectivity index (χ0v) is 11.6. The van der Waals surface area contributed by atoms with E-state index < -0.39 is 60.8 Å². The van der Waals surface area contributed by atoms with Crippen molar-refractivity contribution >= 4 is 11.8 Å². The summed E-state index contributed by atoms with van der Waals surface area (Å²) in [5, 5.41) is 30.3. The standard InChI is InChI=1S/C11H19F2N3O6/c1-3(18)16-6-5(14)9(12)11(13,10(15)21)22-8(6)7(20)4(19)2-17/h4-9,17,19-20H,2,14H2,1H3,(H2,15,21)(H,16,18)/t4-,5-,6-,7-,8-,9-,11-/m1/s1. The number of amides is 2. The van der Waals surface area contributed by atoms with Gasteiger partial charge in [0.2, 0.25) is 5.91 Å². The molecular formula is C11H19F2N3O6. The number of carbonyl (C=O) groups is 2. The summed E-state index contributed by atoms with van der Waals surface area (Å²) in [4.78, 5) is 22.3. The van der Waals surface area contributed by atoms with Crippen LogP contribution in [0.2, 0.25) is 0 Å². The first-order valence-electron chi connectivity index (χ1n) is 6.36. The molecule has 1 heterocycles. The summed E-state index contributed by atoms with van der Waals surface area (Å²) in [6, 6.07) is -3.26. The molecule has 11 heteroatoms. The Morgan fingerprint density at radius 2 is 2.00 bits per heavy atom. The van der Waals surface area contributed by atoms with Gasteiger partial charge in [0, 0.05) is 6.92 Å². The lowest BCUT2D eigenvalue weighted by molar-refractivity contribution is -0.266. The highest BCUT2D eigenvalue weighted by molar-refractivity contribution is 5.83. The summed E-state index contributed by atoms with van der Waals surface area (Å²) >= 11 is 0. The van der Waals surface area contributed by atoms with Gasteiger partial charge in [-0.1, -0.05) is 0 Å². The van der Waals surface area contributed by atoms with Crippen molar-refractivity contribution < 1.29 is 38.4 Å². The minimum Gasteiger partial charge on any atom is -0.394 e. The maximum atomic E-state index is 14.3. The van der Waals surface area contributed by atoms with Gasteiger partial charge >= 0.3 is 5.85 Å². The Labute approximate surface area is 124 Å². The highest BCUT2D eigenvalue weighted by Crippen LogP contribution is 2.34. The molecule has 0 saturated carbocycles. The number of alkyl halides is 2. The molecule has 9 nitrogen and oxygen atoms in total. The average Bonchev–Trinajstić information content (AvgIpc) is 2.45. The fraction of sp³-hybridized carbons (Fsp3) is 0.818. The molecule has 0 radical (unpaired) electrons. The Morgan fingerprint density at radius 1 is 1.45 bits per heavy atom. The van der Waals surface area contributed by atoms with Gasteiger partial charge < -0.3 is 36.8 Å². The lowest BCUT2D eigenvalue weighted by atomic mass is 9.86. The van der Waals surface area contributed by atoms with Crippen molar-refractivity contribution in [2.24, 2.45) is 11.5 Å². The third kappa shape index (κ3) is 3.33. The van der Waals surface area contributed by atoms with Crippen molar-refractivity contribution in [2.75, 3.05) is 6.61 Å². The van der Waals surface area contributed by atoms with E-state index in [-0.39, 0.29) is 0 Å². The van der Waals surface area contributed by atoms with Crippen LogP contribution in [0.4, 0.5) is 8.78 Å². The Balaban J connectivity index is 3.19. The van der Waals surface area contributed by atoms with E-state index >= 15 is 0 Å². The third-order valence-electron chi connectivity index (χ3n) is 3.39. The van der Waals surface area contributed by atoms with Crippen molar-refractivity contribution in [1.82, 2.24) is 5.32 Å². The van der Waals surface area contributed by atoms with E-state index in [2.05, 4.69) is 10.1 Å². The number of aliphatic hydroxyl groups is 3. The van der Waals surface area contributed by atoms with E-state index in [0.717, 1.165) is 6.92 Å². The first-order valence-corrected chi connectivity index (χ1v) is 6.36. The molecular weight excluding hydrogens is 308 g/mol. The number of rotatable bonds is 5. The number of nitrogens with two attached hydrogens (primary N) is 2. The van der Waals surface area contributed by atoms with Gasteiger partial charge in [-0.3, -0.25) is 9.59 Å². The zero-order chi connectivity index (χ0) is 17.2. The number of carbonyl (C=O) groups excluding carboxylic acids is 2. The quantitative estimate of drug-likeness (QED) is 0.303. The van der Waals surface area contributed by atoms with Crippen LogP contribution < -0.4 is 16.8 Å². The van der Waals surface area contributed by atoms with Crippen molar-refractivity contribution in [3.05, 3.63) is 0 Å². The van der Waals surface area contributed by atoms with E-state index in [1.165, 1.54) is 0 Å². The van der Waals surface area contributed by atoms with E-state index in [0.29, 0.717) is 0 Å². The maximum absolute atomic E-state index is 14.3. The van der Waals surface area contributed by atoms with Gasteiger partial charge in [0.15, 0.2) is 6.17 Å². The average molecular weight is 327 g/mol. The minimum atomic E-state index is -3.64. The molecule has 7 atom stereocenters. The summed E-state index contributed by atoms with van der Waals surface area (Å²) in [5.41, 5.74) is 10.2. The van der Waals surface area contributed by atoms with Crippen molar-refractivity contribution in [2.45, 2.75) is 49.3 Å². The van der Waals surface area contributed by atoms with Crippen LogP contribution >= 0.6 is 0 Å². The van der Waals surface area contributed by atoms with Crippen LogP contribution in [0.5, 0.6) is 0 Å². The highest BCUT2D eigenvalue weighted by Gasteiger charge is 2.60. The lowest BCUT2D eigenvalue weighted by Gasteiger charge is -2.46. The van der Waals surface area contributed by atoms with Gasteiger partial charge in [0.1, 0.15) is 18.3 Å². The predicted molar refractivity (Wildman–Crippen MR) is 67.5 cm³/mol. The molecule has 128 valence electrons. The maximum Gasteiger partial charge on any atom is 0.321 e. The van der Waals surface area contributed by atoms with Crippen molar-refractivity contribution in [3.8, 4) is 0 Å². The van der Waals surface area contributed by atoms with Crippen LogP contribution in [0.25, 0.3) is 0 Å². The Kier molecular flexibility index (Phi) is 5.76. The lowest BCUT2D eigenvalue weighted by Crippen LogP contribution is -2.74. The van der Waals surface area contributed by atoms with Gasteiger partial charge in [0.05, 0.1) is 18.7 Å². The number of ether oxygens (including phenoxy) is 1. The van der Waals surface area contributed by atoms with Gasteiger partial charge in [0.25, 0.3) is 5.91 Å². The van der Waals surface area contributed by atoms with Gasteiger partial charge in [-0.05, 0) is 0 Å². The van der Waals surface area contributed by atoms with Crippen LogP contribution in [-0.2, 0) is 14.3 Å². The first-order chi connectivity index (χ1) is 10.1. The summed E-state index contributed by atoms with van der Waals surface area (Å²) in [5.74, 6) is -6.15. The second-order valence-corrected chi connectivity index (χ2v) is 5.04. The molecule has 22 heavy (non-hydrogen) atoms. The molecule has 1 rings (SSSR count). The van der Waals surface area contributed by atoms with E-state index in [9.17, 15) is 28.6 Å². The molecule has 1 aliphatic heterocycles. The van der Waals surface area contributed by atoms with Crippen molar-refractivity contribution in [1.29, 1.82) is 0 Å². The highest BCUT2D eigenvalue weighted by atomic mass is 19.2. The minimum absolute atomic E-state index is 0.697. The topological polar surface area (TPSA) is 168 Å². The van der Waals surface area contributed by atoms with Crippen LogP contribution in [0, 0.1) is 0 Å². The molecule has 0 bridgehead atoms. The van der Waals surface area contributed by atoms with E-state index in [1.807, 2.05) is 0 Å². The third-order valence-corrected chi connectivity index (χ3v) is 3.39. The molecule has 8 N–H and O–H groups in total. The molecule has 0 aromatic rings. The molecule has 1 aliphatic rings. The van der Waals surface area contributed by atoms with Crippen molar-refractivity contribution in [3.63, 3.8) is 0 Å². The number of primary amides is 1. The fourth-order valence-electron chi connectivity index (χ4n) is 2.20. The largest absolute Gasteiger partial charge is 0.394 e. The number of aliphatic hydroxyl groups excluding tert-OH is 3. The smallest absolute Gasteiger partial charge is 0.321 e. The zero-order valence-electron chi connectivity index (χ0n) is 11.6. The van der Waals surface area contributed by atoms with Crippen LogP contribution in [0.1, 0.15) is 6.92 Å². The summed E-state index contributed by atoms with van der Waals surface area (Å²) in [7, 11) is 0. The molecule has 0 aromatic heterocycles. The van der Waals surface area contributed by atoms with Crippen LogP contribution in [0.15, 0.2) is 0 Å². The monoisotopic (exact) mass is 327 g/mol. The van der Waals surface area contributed by atoms with Crippen LogP contribution in [-0.4, -0.2) is 76.2 Å². The first kappa shape index (κ1) is 18.6. The number of nitrogens with one attached hydrogen (secondary N) is 1. The van der Waals surface area contributed by atoms with Gasteiger partial charge in [-0.15, -0.1) is 0 Å². The second-order valence-electron chi connectivity index (χ2n) is 5.04. The SMILES string of the molecule is CC(=O)N[C@@H]1[C@@H](N)[C@@H](F)[C@](F)(C(N)=O)O[C@H]1[C@H](O)[C@H](O)CO. The molecule has 0 aliphatic carbocycles. The summed E-state index contributed by atoms with van der Waals surface area (Å²) in [6.07, 6.45) is -8.29. The molecule has 1 fully saturated rings. The number of hydrogen-bond donors (Lipinski definition) is 6. The van der Waals surface area contributed by atoms with Crippen LogP contribution in [0.3, 0.4) is 0 Å². The number of halogens is 2. The Morgan fingerprint density at radius 3 is 2.41 bits per heavy atom. The number of hydrogen-bond acceptors (Lipinski definition) is 7. The Bertz CT molecular complexity index is 442. The van der Waals surface area contributed by atoms with Gasteiger partial charge in [-0.2, -0.15) is 4.39 Å². The predicted octanol–water partition coefficient (Wildman–Crippen LogP) is -3.58. The fourth-order valence-corrected chi connectivity index (χ4v) is 2.20. The second kappa shape index (κ2) is 6.79. The van der Waals surface area contributed by atoms with Gasteiger partial charge in [-0.25, -0.2) is 4.39 Å². The summed E-state index contributed by atoms with van der Waals surface area (Å²) in [6.45, 7) is 0.120. The molecule has 0 unspecified atom stereocenters. The molecule has 2 amide bonds. The summed E-state index contributed by atoms with van der Waals surface area (Å²) < 4.78 is 32.9. The normalized spacial score (nSPS) is 38.1. The Hall–Kier alpha value is -1.40. The van der Waals surface area contributed by atoms with E-state index in [1.54, 1.807) is 0 Å².